The summed E-state index contributed by atoms with van der Waals surface area (Å²) in [4.78, 5) is 15.7. The minimum atomic E-state index is -4.40. The summed E-state index contributed by atoms with van der Waals surface area (Å²) in [7, 11) is 0. The highest BCUT2D eigenvalue weighted by Crippen LogP contribution is 2.30. The molecule has 2 aromatic rings. The van der Waals surface area contributed by atoms with Crippen LogP contribution in [0.1, 0.15) is 33.6 Å². The van der Waals surface area contributed by atoms with E-state index in [0.29, 0.717) is 19.8 Å². The standard InChI is InChI=1S/C18H18F3NO2S/c19-18(20,21)14-5-3-13(4-6-14)17(23)22(12-16-2-1-11-25-16)15-7-9-24-10-8-15/h1-6,11,15H,7-10,12H2. The van der Waals surface area contributed by atoms with E-state index < -0.39 is 11.7 Å². The molecule has 25 heavy (non-hydrogen) atoms. The molecule has 1 aromatic carbocycles. The van der Waals surface area contributed by atoms with Gasteiger partial charge in [0, 0.05) is 29.7 Å². The van der Waals surface area contributed by atoms with Crippen molar-refractivity contribution in [3.63, 3.8) is 0 Å². The van der Waals surface area contributed by atoms with E-state index in [2.05, 4.69) is 0 Å². The maximum atomic E-state index is 12.9. The van der Waals surface area contributed by atoms with Crippen molar-refractivity contribution in [3.05, 3.63) is 57.8 Å². The Kier molecular flexibility index (Phi) is 5.44. The van der Waals surface area contributed by atoms with Gasteiger partial charge in [-0.2, -0.15) is 13.2 Å². The number of carbonyl (C=O) groups is 1. The normalized spacial score (nSPS) is 16.0. The topological polar surface area (TPSA) is 29.5 Å². The minimum Gasteiger partial charge on any atom is -0.381 e. The van der Waals surface area contributed by atoms with Gasteiger partial charge in [0.2, 0.25) is 0 Å². The molecule has 0 radical (unpaired) electrons. The highest BCUT2D eigenvalue weighted by molar-refractivity contribution is 7.09. The molecule has 0 spiro atoms. The molecule has 0 aliphatic carbocycles. The van der Waals surface area contributed by atoms with Crippen LogP contribution in [0.4, 0.5) is 13.2 Å². The maximum Gasteiger partial charge on any atom is 0.416 e. The number of rotatable bonds is 4. The monoisotopic (exact) mass is 369 g/mol. The van der Waals surface area contributed by atoms with Crippen LogP contribution in [0, 0.1) is 0 Å². The first-order valence-corrected chi connectivity index (χ1v) is 8.91. The van der Waals surface area contributed by atoms with Crippen LogP contribution < -0.4 is 0 Å². The SMILES string of the molecule is O=C(c1ccc(C(F)(F)F)cc1)N(Cc1cccs1)C1CCOCC1. The van der Waals surface area contributed by atoms with Crippen LogP contribution in [-0.2, 0) is 17.5 Å². The number of benzene rings is 1. The van der Waals surface area contributed by atoms with Gasteiger partial charge in [0.05, 0.1) is 12.1 Å². The molecule has 0 saturated carbocycles. The molecule has 1 aromatic heterocycles. The Morgan fingerprint density at radius 1 is 1.16 bits per heavy atom. The smallest absolute Gasteiger partial charge is 0.381 e. The Morgan fingerprint density at radius 3 is 2.40 bits per heavy atom. The third kappa shape index (κ3) is 4.41. The van der Waals surface area contributed by atoms with Crippen molar-refractivity contribution in [2.75, 3.05) is 13.2 Å². The molecule has 134 valence electrons. The third-order valence-corrected chi connectivity index (χ3v) is 5.12. The molecule has 1 aliphatic heterocycles. The summed E-state index contributed by atoms with van der Waals surface area (Å²) >= 11 is 1.56. The van der Waals surface area contributed by atoms with Gasteiger partial charge in [-0.15, -0.1) is 11.3 Å². The summed E-state index contributed by atoms with van der Waals surface area (Å²) in [5.74, 6) is -0.242. The largest absolute Gasteiger partial charge is 0.416 e. The fraction of sp³-hybridized carbons (Fsp3) is 0.389. The number of hydrogen-bond donors (Lipinski definition) is 0. The maximum absolute atomic E-state index is 12.9. The van der Waals surface area contributed by atoms with Gasteiger partial charge in [0.25, 0.3) is 5.91 Å². The van der Waals surface area contributed by atoms with E-state index in [1.54, 1.807) is 16.2 Å². The van der Waals surface area contributed by atoms with Crippen molar-refractivity contribution >= 4 is 17.2 Å². The summed E-state index contributed by atoms with van der Waals surface area (Å²) in [5, 5.41) is 1.94. The predicted molar refractivity (Wildman–Crippen MR) is 89.5 cm³/mol. The summed E-state index contributed by atoms with van der Waals surface area (Å²) in [6.07, 6.45) is -2.94. The molecule has 0 N–H and O–H groups in total. The van der Waals surface area contributed by atoms with Gasteiger partial charge >= 0.3 is 6.18 Å². The van der Waals surface area contributed by atoms with E-state index in [1.807, 2.05) is 17.5 Å². The lowest BCUT2D eigenvalue weighted by Crippen LogP contribution is -2.42. The number of alkyl halides is 3. The molecule has 3 rings (SSSR count). The summed E-state index contributed by atoms with van der Waals surface area (Å²) in [6.45, 7) is 1.64. The zero-order valence-corrected chi connectivity index (χ0v) is 14.3. The van der Waals surface area contributed by atoms with Crippen molar-refractivity contribution in [3.8, 4) is 0 Å². The van der Waals surface area contributed by atoms with Gasteiger partial charge < -0.3 is 9.64 Å². The number of carbonyl (C=O) groups excluding carboxylic acids is 1. The van der Waals surface area contributed by atoms with Gasteiger partial charge in [0.1, 0.15) is 0 Å². The molecular weight excluding hydrogens is 351 g/mol. The molecule has 1 aliphatic rings. The van der Waals surface area contributed by atoms with Crippen LogP contribution in [0.25, 0.3) is 0 Å². The van der Waals surface area contributed by atoms with Crippen LogP contribution >= 0.6 is 11.3 Å². The molecule has 0 unspecified atom stereocenters. The van der Waals surface area contributed by atoms with Gasteiger partial charge in [0.15, 0.2) is 0 Å². The first-order chi connectivity index (χ1) is 11.9. The number of hydrogen-bond acceptors (Lipinski definition) is 3. The lowest BCUT2D eigenvalue weighted by molar-refractivity contribution is -0.137. The van der Waals surface area contributed by atoms with Crippen LogP contribution in [-0.4, -0.2) is 30.1 Å². The number of nitrogens with zero attached hydrogens (tertiary/aromatic N) is 1. The fourth-order valence-electron chi connectivity index (χ4n) is 2.90. The van der Waals surface area contributed by atoms with Crippen LogP contribution in [0.2, 0.25) is 0 Å². The minimum absolute atomic E-state index is 0.0330. The number of halogens is 3. The lowest BCUT2D eigenvalue weighted by atomic mass is 10.0. The molecular formula is C18H18F3NO2S. The van der Waals surface area contributed by atoms with Gasteiger partial charge in [-0.05, 0) is 48.6 Å². The van der Waals surface area contributed by atoms with E-state index >= 15 is 0 Å². The summed E-state index contributed by atoms with van der Waals surface area (Å²) in [5.41, 5.74) is -0.476. The van der Waals surface area contributed by atoms with Crippen molar-refractivity contribution in [2.45, 2.75) is 31.6 Å². The molecule has 7 heteroatoms. The van der Waals surface area contributed by atoms with E-state index in [0.717, 1.165) is 29.9 Å². The van der Waals surface area contributed by atoms with E-state index in [4.69, 9.17) is 4.74 Å². The van der Waals surface area contributed by atoms with Crippen LogP contribution in [0.3, 0.4) is 0 Å². The zero-order valence-electron chi connectivity index (χ0n) is 13.5. The first-order valence-electron chi connectivity index (χ1n) is 8.03. The molecule has 1 amide bonds. The Bertz CT molecular complexity index is 692. The Balaban J connectivity index is 1.82. The molecule has 0 bridgehead atoms. The Labute approximate surface area is 148 Å². The van der Waals surface area contributed by atoms with E-state index in [1.165, 1.54) is 12.1 Å². The molecule has 0 atom stereocenters. The average molecular weight is 369 g/mol. The highest BCUT2D eigenvalue weighted by Gasteiger charge is 2.31. The lowest BCUT2D eigenvalue weighted by Gasteiger charge is -2.34. The second kappa shape index (κ2) is 7.58. The average Bonchev–Trinajstić information content (AvgIpc) is 3.12. The Morgan fingerprint density at radius 2 is 1.84 bits per heavy atom. The van der Waals surface area contributed by atoms with Crippen LogP contribution in [0.15, 0.2) is 41.8 Å². The van der Waals surface area contributed by atoms with E-state index in [-0.39, 0.29) is 17.5 Å². The predicted octanol–water partition coefficient (Wildman–Crippen LogP) is 4.59. The molecule has 1 saturated heterocycles. The first kappa shape index (κ1) is 17.9. The van der Waals surface area contributed by atoms with Gasteiger partial charge in [-0.1, -0.05) is 6.07 Å². The summed E-state index contributed by atoms with van der Waals surface area (Å²) < 4.78 is 43.5. The van der Waals surface area contributed by atoms with Crippen LogP contribution in [0.5, 0.6) is 0 Å². The second-order valence-electron chi connectivity index (χ2n) is 5.93. The molecule has 3 nitrogen and oxygen atoms in total. The Hall–Kier alpha value is -1.86. The molecule has 2 heterocycles. The second-order valence-corrected chi connectivity index (χ2v) is 6.96. The molecule has 1 fully saturated rings. The summed E-state index contributed by atoms with van der Waals surface area (Å²) in [6, 6.07) is 8.34. The van der Waals surface area contributed by atoms with E-state index in [9.17, 15) is 18.0 Å². The number of ether oxygens (including phenoxy) is 1. The van der Waals surface area contributed by atoms with Crippen molar-refractivity contribution < 1.29 is 22.7 Å². The number of amides is 1. The zero-order chi connectivity index (χ0) is 17.9. The third-order valence-electron chi connectivity index (χ3n) is 4.26. The van der Waals surface area contributed by atoms with Crippen molar-refractivity contribution in [1.29, 1.82) is 0 Å². The highest BCUT2D eigenvalue weighted by atomic mass is 32.1. The van der Waals surface area contributed by atoms with Crippen molar-refractivity contribution in [2.24, 2.45) is 0 Å². The van der Waals surface area contributed by atoms with Gasteiger partial charge in [-0.25, -0.2) is 0 Å². The quantitative estimate of drug-likeness (QED) is 0.789. The number of thiophene rings is 1. The van der Waals surface area contributed by atoms with Gasteiger partial charge in [-0.3, -0.25) is 4.79 Å². The fourth-order valence-corrected chi connectivity index (χ4v) is 3.60. The van der Waals surface area contributed by atoms with Crippen molar-refractivity contribution in [1.82, 2.24) is 4.90 Å².